The van der Waals surface area contributed by atoms with E-state index in [0.717, 1.165) is 12.0 Å². The van der Waals surface area contributed by atoms with Crippen LogP contribution in [0.4, 0.5) is 0 Å². The second-order valence-corrected chi connectivity index (χ2v) is 4.90. The standard InChI is InChI=1S/C11H24N2/c1-9(2)8-13(3)11-6-4-10(12)5-7-11/h9-11H,4-8,12H2,1-3H3. The van der Waals surface area contributed by atoms with Gasteiger partial charge in [-0.2, -0.15) is 0 Å². The van der Waals surface area contributed by atoms with Crippen molar-refractivity contribution in [1.29, 1.82) is 0 Å². The molecule has 1 rings (SSSR count). The second kappa shape index (κ2) is 4.97. The van der Waals surface area contributed by atoms with Gasteiger partial charge >= 0.3 is 0 Å². The van der Waals surface area contributed by atoms with Crippen molar-refractivity contribution in [3.05, 3.63) is 0 Å². The summed E-state index contributed by atoms with van der Waals surface area (Å²) in [5.41, 5.74) is 5.88. The first kappa shape index (κ1) is 11.0. The summed E-state index contributed by atoms with van der Waals surface area (Å²) in [7, 11) is 2.25. The van der Waals surface area contributed by atoms with Crippen molar-refractivity contribution in [2.75, 3.05) is 13.6 Å². The molecule has 0 aliphatic heterocycles. The van der Waals surface area contributed by atoms with E-state index in [1.807, 2.05) is 0 Å². The summed E-state index contributed by atoms with van der Waals surface area (Å²) in [5.74, 6) is 0.778. The van der Waals surface area contributed by atoms with Crippen LogP contribution in [0.15, 0.2) is 0 Å². The van der Waals surface area contributed by atoms with Crippen molar-refractivity contribution >= 4 is 0 Å². The lowest BCUT2D eigenvalue weighted by Crippen LogP contribution is -2.40. The molecule has 1 saturated carbocycles. The summed E-state index contributed by atoms with van der Waals surface area (Å²) in [6.07, 6.45) is 5.02. The second-order valence-electron chi connectivity index (χ2n) is 4.90. The molecule has 2 N–H and O–H groups in total. The minimum atomic E-state index is 0.476. The van der Waals surface area contributed by atoms with E-state index in [9.17, 15) is 0 Å². The van der Waals surface area contributed by atoms with Crippen molar-refractivity contribution < 1.29 is 0 Å². The maximum absolute atomic E-state index is 5.88. The maximum Gasteiger partial charge on any atom is 0.00934 e. The summed E-state index contributed by atoms with van der Waals surface area (Å²) in [4.78, 5) is 2.51. The van der Waals surface area contributed by atoms with Crippen molar-refractivity contribution in [3.8, 4) is 0 Å². The van der Waals surface area contributed by atoms with Gasteiger partial charge in [-0.3, -0.25) is 0 Å². The van der Waals surface area contributed by atoms with Gasteiger partial charge in [-0.05, 0) is 38.6 Å². The van der Waals surface area contributed by atoms with E-state index in [1.54, 1.807) is 0 Å². The first-order chi connectivity index (χ1) is 6.09. The number of rotatable bonds is 3. The van der Waals surface area contributed by atoms with Crippen LogP contribution in [0, 0.1) is 5.92 Å². The SMILES string of the molecule is CC(C)CN(C)C1CCC(N)CC1. The van der Waals surface area contributed by atoms with Gasteiger partial charge < -0.3 is 10.6 Å². The first-order valence-corrected chi connectivity index (χ1v) is 5.55. The molecule has 0 saturated heterocycles. The third-order valence-electron chi connectivity index (χ3n) is 3.02. The normalized spacial score (nSPS) is 30.0. The minimum absolute atomic E-state index is 0.476. The summed E-state index contributed by atoms with van der Waals surface area (Å²) >= 11 is 0. The van der Waals surface area contributed by atoms with Crippen molar-refractivity contribution in [2.45, 2.75) is 51.6 Å². The van der Waals surface area contributed by atoms with Crippen molar-refractivity contribution in [3.63, 3.8) is 0 Å². The third kappa shape index (κ3) is 3.65. The zero-order valence-corrected chi connectivity index (χ0v) is 9.29. The topological polar surface area (TPSA) is 29.3 Å². The number of nitrogens with zero attached hydrogens (tertiary/aromatic N) is 1. The van der Waals surface area contributed by atoms with Gasteiger partial charge in [-0.1, -0.05) is 13.8 Å². The Morgan fingerprint density at radius 2 is 1.77 bits per heavy atom. The molecule has 13 heavy (non-hydrogen) atoms. The molecule has 0 aromatic carbocycles. The van der Waals surface area contributed by atoms with Gasteiger partial charge in [0.25, 0.3) is 0 Å². The molecule has 0 heterocycles. The highest BCUT2D eigenvalue weighted by molar-refractivity contribution is 4.79. The fourth-order valence-corrected chi connectivity index (χ4v) is 2.27. The van der Waals surface area contributed by atoms with Crippen LogP contribution < -0.4 is 5.73 Å². The fraction of sp³-hybridized carbons (Fsp3) is 1.00. The van der Waals surface area contributed by atoms with Crippen LogP contribution in [-0.4, -0.2) is 30.6 Å². The van der Waals surface area contributed by atoms with Crippen LogP contribution in [0.25, 0.3) is 0 Å². The van der Waals surface area contributed by atoms with E-state index < -0.39 is 0 Å². The van der Waals surface area contributed by atoms with Crippen LogP contribution in [0.2, 0.25) is 0 Å². The van der Waals surface area contributed by atoms with E-state index in [0.29, 0.717) is 6.04 Å². The van der Waals surface area contributed by atoms with E-state index >= 15 is 0 Å². The molecule has 0 bridgehead atoms. The lowest BCUT2D eigenvalue weighted by Gasteiger charge is -2.34. The Bertz CT molecular complexity index is 137. The molecule has 0 atom stereocenters. The molecule has 1 aliphatic carbocycles. The van der Waals surface area contributed by atoms with Crippen LogP contribution in [-0.2, 0) is 0 Å². The quantitative estimate of drug-likeness (QED) is 0.725. The Morgan fingerprint density at radius 3 is 2.23 bits per heavy atom. The molecule has 1 fully saturated rings. The van der Waals surface area contributed by atoms with Crippen LogP contribution in [0.1, 0.15) is 39.5 Å². The van der Waals surface area contributed by atoms with E-state index in [1.165, 1.54) is 32.2 Å². The third-order valence-corrected chi connectivity index (χ3v) is 3.02. The minimum Gasteiger partial charge on any atom is -0.328 e. The zero-order chi connectivity index (χ0) is 9.84. The number of hydrogen-bond donors (Lipinski definition) is 1. The monoisotopic (exact) mass is 184 g/mol. The largest absolute Gasteiger partial charge is 0.328 e. The first-order valence-electron chi connectivity index (χ1n) is 5.55. The van der Waals surface area contributed by atoms with Gasteiger partial charge in [0.1, 0.15) is 0 Å². The molecule has 78 valence electrons. The van der Waals surface area contributed by atoms with Crippen LogP contribution >= 0.6 is 0 Å². The van der Waals surface area contributed by atoms with Crippen LogP contribution in [0.5, 0.6) is 0 Å². The van der Waals surface area contributed by atoms with E-state index in [-0.39, 0.29) is 0 Å². The molecule has 0 aromatic rings. The molecule has 2 heteroatoms. The van der Waals surface area contributed by atoms with E-state index in [2.05, 4.69) is 25.8 Å². The van der Waals surface area contributed by atoms with Gasteiger partial charge in [-0.25, -0.2) is 0 Å². The van der Waals surface area contributed by atoms with Gasteiger partial charge in [0.15, 0.2) is 0 Å². The van der Waals surface area contributed by atoms with Gasteiger partial charge in [0, 0.05) is 18.6 Å². The molecule has 0 spiro atoms. The summed E-state index contributed by atoms with van der Waals surface area (Å²) in [6.45, 7) is 5.79. The zero-order valence-electron chi connectivity index (χ0n) is 9.29. The van der Waals surface area contributed by atoms with E-state index in [4.69, 9.17) is 5.73 Å². The highest BCUT2D eigenvalue weighted by Gasteiger charge is 2.21. The lowest BCUT2D eigenvalue weighted by atomic mass is 9.90. The van der Waals surface area contributed by atoms with Crippen LogP contribution in [0.3, 0.4) is 0 Å². The highest BCUT2D eigenvalue weighted by Crippen LogP contribution is 2.21. The fourth-order valence-electron chi connectivity index (χ4n) is 2.27. The number of hydrogen-bond acceptors (Lipinski definition) is 2. The Labute approximate surface area is 82.5 Å². The summed E-state index contributed by atoms with van der Waals surface area (Å²) in [5, 5.41) is 0. The Kier molecular flexibility index (Phi) is 4.20. The molecular formula is C11H24N2. The molecule has 0 unspecified atom stereocenters. The lowest BCUT2D eigenvalue weighted by molar-refractivity contribution is 0.167. The predicted molar refractivity (Wildman–Crippen MR) is 57.7 cm³/mol. The molecular weight excluding hydrogens is 160 g/mol. The summed E-state index contributed by atoms with van der Waals surface area (Å²) < 4.78 is 0. The molecule has 1 aliphatic rings. The Balaban J connectivity index is 2.27. The molecule has 0 radical (unpaired) electrons. The van der Waals surface area contributed by atoms with Gasteiger partial charge in [-0.15, -0.1) is 0 Å². The average molecular weight is 184 g/mol. The van der Waals surface area contributed by atoms with Gasteiger partial charge in [0.2, 0.25) is 0 Å². The Morgan fingerprint density at radius 1 is 1.23 bits per heavy atom. The summed E-state index contributed by atoms with van der Waals surface area (Å²) in [6, 6.07) is 1.27. The number of nitrogens with two attached hydrogens (primary N) is 1. The van der Waals surface area contributed by atoms with Gasteiger partial charge in [0.05, 0.1) is 0 Å². The van der Waals surface area contributed by atoms with Crippen molar-refractivity contribution in [1.82, 2.24) is 4.90 Å². The predicted octanol–water partition coefficient (Wildman–Crippen LogP) is 1.84. The highest BCUT2D eigenvalue weighted by atomic mass is 15.1. The molecule has 0 amide bonds. The smallest absolute Gasteiger partial charge is 0.00934 e. The maximum atomic E-state index is 5.88. The average Bonchev–Trinajstić information content (AvgIpc) is 2.04. The molecule has 0 aromatic heterocycles. The molecule has 2 nitrogen and oxygen atoms in total. The van der Waals surface area contributed by atoms with Crippen molar-refractivity contribution in [2.24, 2.45) is 11.7 Å². The Hall–Kier alpha value is -0.0800.